The maximum Gasteiger partial charge on any atom is 0.227 e. The summed E-state index contributed by atoms with van der Waals surface area (Å²) >= 11 is 0. The molecular weight excluding hydrogens is 188 g/mol. The quantitative estimate of drug-likeness (QED) is 0.602. The number of hydrogen-bond donors (Lipinski definition) is 0. The van der Waals surface area contributed by atoms with E-state index in [4.69, 9.17) is 0 Å². The Bertz CT molecular complexity index is 266. The molecule has 3 nitrogen and oxygen atoms in total. The van der Waals surface area contributed by atoms with Crippen molar-refractivity contribution < 1.29 is 4.79 Å². The van der Waals surface area contributed by atoms with Crippen molar-refractivity contribution in [3.8, 4) is 0 Å². The smallest absolute Gasteiger partial charge is 0.227 e. The molecule has 2 saturated heterocycles. The summed E-state index contributed by atoms with van der Waals surface area (Å²) in [7, 11) is 2.15. The number of carbonyl (C=O) groups is 1. The Morgan fingerprint density at radius 1 is 1.20 bits per heavy atom. The molecule has 0 bridgehead atoms. The highest BCUT2D eigenvalue weighted by Crippen LogP contribution is 2.30. The summed E-state index contributed by atoms with van der Waals surface area (Å²) < 4.78 is 0. The molecular formula is C12H22N2O. The fourth-order valence-electron chi connectivity index (χ4n) is 3.03. The Kier molecular flexibility index (Phi) is 2.75. The topological polar surface area (TPSA) is 23.6 Å². The second kappa shape index (κ2) is 3.78. The fraction of sp³-hybridized carbons (Fsp3) is 0.917. The third kappa shape index (κ3) is 1.57. The van der Waals surface area contributed by atoms with Crippen molar-refractivity contribution >= 4 is 5.91 Å². The molecule has 0 spiro atoms. The van der Waals surface area contributed by atoms with Gasteiger partial charge in [0.15, 0.2) is 0 Å². The number of amides is 1. The molecule has 0 aromatic heterocycles. The number of likely N-dealkylation sites (N-methyl/N-ethyl adjacent to an activating group) is 1. The number of carbonyl (C=O) groups excluding carboxylic acids is 1. The molecule has 3 unspecified atom stereocenters. The molecule has 0 aliphatic carbocycles. The first-order valence-electron chi connectivity index (χ1n) is 6.06. The fourth-order valence-corrected chi connectivity index (χ4v) is 3.03. The van der Waals surface area contributed by atoms with Crippen LogP contribution in [0.2, 0.25) is 0 Å². The van der Waals surface area contributed by atoms with Gasteiger partial charge in [0.2, 0.25) is 5.91 Å². The molecule has 2 heterocycles. The van der Waals surface area contributed by atoms with Gasteiger partial charge in [0, 0.05) is 24.7 Å². The lowest BCUT2D eigenvalue weighted by molar-refractivity contribution is -0.135. The summed E-state index contributed by atoms with van der Waals surface area (Å²) in [5, 5.41) is 0. The second-order valence-electron chi connectivity index (χ2n) is 5.18. The Morgan fingerprint density at radius 2 is 1.87 bits per heavy atom. The van der Waals surface area contributed by atoms with E-state index in [1.807, 2.05) is 0 Å². The highest BCUT2D eigenvalue weighted by molar-refractivity contribution is 5.80. The zero-order valence-corrected chi connectivity index (χ0v) is 10.2. The first-order chi connectivity index (χ1) is 7.04. The van der Waals surface area contributed by atoms with Crippen molar-refractivity contribution in [1.82, 2.24) is 9.80 Å². The molecule has 0 aromatic carbocycles. The average Bonchev–Trinajstić information content (AvgIpc) is 2.70. The Balaban J connectivity index is 2.30. The van der Waals surface area contributed by atoms with Crippen molar-refractivity contribution in [2.75, 3.05) is 13.6 Å². The molecule has 0 N–H and O–H groups in total. The van der Waals surface area contributed by atoms with Crippen LogP contribution in [0, 0.1) is 5.92 Å². The number of nitrogens with zero attached hydrogens (tertiary/aromatic N) is 2. The molecule has 4 atom stereocenters. The molecule has 0 aromatic rings. The molecule has 15 heavy (non-hydrogen) atoms. The van der Waals surface area contributed by atoms with E-state index in [0.29, 0.717) is 24.0 Å². The maximum atomic E-state index is 12.2. The third-order valence-corrected chi connectivity index (χ3v) is 4.54. The lowest BCUT2D eigenvalue weighted by atomic mass is 10.0. The Hall–Kier alpha value is -0.570. The lowest BCUT2D eigenvalue weighted by Crippen LogP contribution is -2.45. The highest BCUT2D eigenvalue weighted by Gasteiger charge is 2.42. The van der Waals surface area contributed by atoms with E-state index in [0.717, 1.165) is 6.54 Å². The summed E-state index contributed by atoms with van der Waals surface area (Å²) in [6.45, 7) is 7.46. The molecule has 1 amide bonds. The van der Waals surface area contributed by atoms with E-state index in [2.05, 4.69) is 37.6 Å². The lowest BCUT2D eigenvalue weighted by Gasteiger charge is -2.33. The van der Waals surface area contributed by atoms with Crippen molar-refractivity contribution in [3.05, 3.63) is 0 Å². The first-order valence-corrected chi connectivity index (χ1v) is 6.06. The van der Waals surface area contributed by atoms with Gasteiger partial charge in [-0.1, -0.05) is 6.92 Å². The molecule has 2 fully saturated rings. The number of rotatable bonds is 0. The van der Waals surface area contributed by atoms with Crippen LogP contribution in [0.15, 0.2) is 0 Å². The predicted octanol–water partition coefficient (Wildman–Crippen LogP) is 1.34. The zero-order chi connectivity index (χ0) is 11.2. The van der Waals surface area contributed by atoms with Gasteiger partial charge >= 0.3 is 0 Å². The molecule has 2 aliphatic rings. The van der Waals surface area contributed by atoms with Crippen molar-refractivity contribution in [1.29, 1.82) is 0 Å². The predicted molar refractivity (Wildman–Crippen MR) is 60.6 cm³/mol. The van der Waals surface area contributed by atoms with Gasteiger partial charge in [-0.05, 0) is 33.7 Å². The van der Waals surface area contributed by atoms with E-state index < -0.39 is 0 Å². The van der Waals surface area contributed by atoms with Crippen LogP contribution in [0.5, 0.6) is 0 Å². The van der Waals surface area contributed by atoms with Crippen LogP contribution in [0.1, 0.15) is 33.6 Å². The van der Waals surface area contributed by atoms with Crippen LogP contribution in [-0.2, 0) is 4.79 Å². The van der Waals surface area contributed by atoms with Gasteiger partial charge in [0.25, 0.3) is 0 Å². The zero-order valence-electron chi connectivity index (χ0n) is 10.2. The van der Waals surface area contributed by atoms with E-state index in [9.17, 15) is 4.79 Å². The standard InChI is InChI=1S/C12H22N2O/c1-8-9(2)13(4)10(3)11-6-5-7-14(11)12(8)15/h8-11H,5-7H2,1-4H3/t8?,9?,10?,11-/m0/s1. The van der Waals surface area contributed by atoms with Crippen molar-refractivity contribution in [3.63, 3.8) is 0 Å². The van der Waals surface area contributed by atoms with Crippen LogP contribution in [0.25, 0.3) is 0 Å². The van der Waals surface area contributed by atoms with Gasteiger partial charge in [0.1, 0.15) is 0 Å². The molecule has 0 radical (unpaired) electrons. The number of hydrogen-bond acceptors (Lipinski definition) is 2. The molecule has 2 rings (SSSR count). The Morgan fingerprint density at radius 3 is 2.53 bits per heavy atom. The summed E-state index contributed by atoms with van der Waals surface area (Å²) in [5.41, 5.74) is 0. The van der Waals surface area contributed by atoms with Crippen LogP contribution >= 0.6 is 0 Å². The molecule has 0 saturated carbocycles. The Labute approximate surface area is 92.4 Å². The normalized spacial score (nSPS) is 42.9. The van der Waals surface area contributed by atoms with Crippen molar-refractivity contribution in [2.45, 2.75) is 51.7 Å². The molecule has 2 aliphatic heterocycles. The van der Waals surface area contributed by atoms with Gasteiger partial charge in [-0.25, -0.2) is 0 Å². The van der Waals surface area contributed by atoms with Gasteiger partial charge in [-0.15, -0.1) is 0 Å². The minimum Gasteiger partial charge on any atom is -0.338 e. The summed E-state index contributed by atoms with van der Waals surface area (Å²) in [4.78, 5) is 16.7. The minimum atomic E-state index is 0.139. The summed E-state index contributed by atoms with van der Waals surface area (Å²) in [5.74, 6) is 0.502. The SMILES string of the molecule is CC1C(=O)N2CCC[C@H]2C(C)N(C)C1C. The largest absolute Gasteiger partial charge is 0.338 e. The van der Waals surface area contributed by atoms with Gasteiger partial charge in [0.05, 0.1) is 5.92 Å². The molecule has 86 valence electrons. The van der Waals surface area contributed by atoms with Crippen LogP contribution < -0.4 is 0 Å². The third-order valence-electron chi connectivity index (χ3n) is 4.54. The van der Waals surface area contributed by atoms with Crippen LogP contribution in [0.3, 0.4) is 0 Å². The van der Waals surface area contributed by atoms with E-state index >= 15 is 0 Å². The van der Waals surface area contributed by atoms with Gasteiger partial charge in [-0.3, -0.25) is 9.69 Å². The maximum absolute atomic E-state index is 12.2. The number of fused-ring (bicyclic) bond motifs is 1. The summed E-state index contributed by atoms with van der Waals surface area (Å²) in [6, 6.07) is 1.31. The molecule has 3 heteroatoms. The van der Waals surface area contributed by atoms with Crippen molar-refractivity contribution in [2.24, 2.45) is 5.92 Å². The monoisotopic (exact) mass is 210 g/mol. The van der Waals surface area contributed by atoms with E-state index in [1.54, 1.807) is 0 Å². The average molecular weight is 210 g/mol. The van der Waals surface area contributed by atoms with Gasteiger partial charge in [-0.2, -0.15) is 0 Å². The van der Waals surface area contributed by atoms with Crippen LogP contribution in [0.4, 0.5) is 0 Å². The van der Waals surface area contributed by atoms with E-state index in [-0.39, 0.29) is 5.92 Å². The van der Waals surface area contributed by atoms with Crippen LogP contribution in [-0.4, -0.2) is 47.4 Å². The second-order valence-corrected chi connectivity index (χ2v) is 5.18. The highest BCUT2D eigenvalue weighted by atomic mass is 16.2. The first kappa shape index (κ1) is 10.9. The minimum absolute atomic E-state index is 0.139. The van der Waals surface area contributed by atoms with Gasteiger partial charge < -0.3 is 4.90 Å². The van der Waals surface area contributed by atoms with E-state index in [1.165, 1.54) is 12.8 Å². The summed E-state index contributed by atoms with van der Waals surface area (Å²) in [6.07, 6.45) is 2.35.